The maximum atomic E-state index is 13.5. The lowest BCUT2D eigenvalue weighted by Crippen LogP contribution is -2.28. The molecule has 2 heterocycles. The minimum Gasteiger partial charge on any atom is -0.494 e. The molecule has 0 atom stereocenters. The fraction of sp³-hybridized carbons (Fsp3) is 0.167. The molecule has 0 spiro atoms. The Balaban J connectivity index is 1.45. The van der Waals surface area contributed by atoms with E-state index < -0.39 is 0 Å². The number of rotatable bonds is 5. The Morgan fingerprint density at radius 3 is 2.16 bits per heavy atom. The van der Waals surface area contributed by atoms with E-state index in [9.17, 15) is 4.79 Å². The summed E-state index contributed by atoms with van der Waals surface area (Å²) >= 11 is 1.31. The minimum absolute atomic E-state index is 0.0219. The largest absolute Gasteiger partial charge is 0.494 e. The summed E-state index contributed by atoms with van der Waals surface area (Å²) in [4.78, 5) is 15.4. The highest BCUT2D eigenvalue weighted by Gasteiger charge is 2.26. The van der Waals surface area contributed by atoms with Gasteiger partial charge in [0.1, 0.15) is 11.4 Å². The first-order valence-corrected chi connectivity index (χ1v) is 11.3. The third-order valence-electron chi connectivity index (χ3n) is 5.46. The number of fused-ring (bicyclic) bond motifs is 2. The number of methoxy groups -OCH3 is 1. The Bertz CT molecular complexity index is 1230. The van der Waals surface area contributed by atoms with Gasteiger partial charge in [0.25, 0.3) is 0 Å². The van der Waals surface area contributed by atoms with E-state index in [1.807, 2.05) is 65.6 Å². The third-order valence-corrected chi connectivity index (χ3v) is 6.36. The Morgan fingerprint density at radius 2 is 1.50 bits per heavy atom. The number of tetrazole rings is 1. The second-order valence-corrected chi connectivity index (χ2v) is 8.26. The van der Waals surface area contributed by atoms with Crippen molar-refractivity contribution in [2.24, 2.45) is 0 Å². The maximum Gasteiger partial charge on any atom is 0.242 e. The van der Waals surface area contributed by atoms with Crippen LogP contribution in [0.15, 0.2) is 78.0 Å². The number of benzene rings is 3. The molecule has 4 aromatic rings. The van der Waals surface area contributed by atoms with Crippen molar-refractivity contribution in [3.8, 4) is 11.4 Å². The molecule has 1 aliphatic heterocycles. The Kier molecular flexibility index (Phi) is 5.60. The van der Waals surface area contributed by atoms with Crippen LogP contribution in [-0.4, -0.2) is 39.0 Å². The highest BCUT2D eigenvalue weighted by molar-refractivity contribution is 7.99. The van der Waals surface area contributed by atoms with Crippen LogP contribution in [0.3, 0.4) is 0 Å². The minimum atomic E-state index is -0.0219. The van der Waals surface area contributed by atoms with Crippen LogP contribution in [0, 0.1) is 0 Å². The predicted octanol–water partition coefficient (Wildman–Crippen LogP) is 4.23. The first-order valence-electron chi connectivity index (χ1n) is 10.3. The van der Waals surface area contributed by atoms with Crippen LogP contribution in [0.4, 0.5) is 11.4 Å². The van der Waals surface area contributed by atoms with Gasteiger partial charge in [0.05, 0.1) is 24.2 Å². The number of aromatic nitrogens is 4. The normalized spacial score (nSPS) is 12.6. The van der Waals surface area contributed by atoms with Gasteiger partial charge in [-0.25, -0.2) is 0 Å². The number of carbonyl (C=O) groups is 1. The molecule has 0 saturated heterocycles. The van der Waals surface area contributed by atoms with Gasteiger partial charge in [-0.1, -0.05) is 60.3 Å². The number of hydrogen-bond acceptors (Lipinski definition) is 6. The van der Waals surface area contributed by atoms with Crippen LogP contribution in [0.25, 0.3) is 5.69 Å². The number of carbonyl (C=O) groups excluding carboxylic acids is 1. The van der Waals surface area contributed by atoms with Crippen molar-refractivity contribution in [1.82, 2.24) is 20.2 Å². The average Bonchev–Trinajstić information content (AvgIpc) is 3.24. The highest BCUT2D eigenvalue weighted by Crippen LogP contribution is 2.37. The van der Waals surface area contributed by atoms with Gasteiger partial charge in [0.15, 0.2) is 0 Å². The number of hydrogen-bond donors (Lipinski definition) is 0. The lowest BCUT2D eigenvalue weighted by Gasteiger charge is -2.24. The van der Waals surface area contributed by atoms with E-state index in [1.54, 1.807) is 11.8 Å². The lowest BCUT2D eigenvalue weighted by atomic mass is 10.0. The Hall–Kier alpha value is -3.65. The van der Waals surface area contributed by atoms with E-state index >= 15 is 0 Å². The molecule has 1 aromatic heterocycles. The molecule has 1 amide bonds. The van der Waals surface area contributed by atoms with Crippen LogP contribution in [0.2, 0.25) is 0 Å². The smallest absolute Gasteiger partial charge is 0.242 e. The molecule has 32 heavy (non-hydrogen) atoms. The molecule has 7 nitrogen and oxygen atoms in total. The van der Waals surface area contributed by atoms with E-state index in [2.05, 4.69) is 27.7 Å². The quantitative estimate of drug-likeness (QED) is 0.430. The molecule has 0 N–H and O–H groups in total. The number of nitrogens with zero attached hydrogens (tertiary/aromatic N) is 5. The highest BCUT2D eigenvalue weighted by atomic mass is 32.2. The zero-order valence-corrected chi connectivity index (χ0v) is 18.3. The van der Waals surface area contributed by atoms with Crippen molar-refractivity contribution in [3.05, 3.63) is 83.9 Å². The molecule has 5 rings (SSSR count). The summed E-state index contributed by atoms with van der Waals surface area (Å²) in [7, 11) is 1.60. The Morgan fingerprint density at radius 1 is 0.906 bits per heavy atom. The lowest BCUT2D eigenvalue weighted by molar-refractivity contribution is -0.115. The summed E-state index contributed by atoms with van der Waals surface area (Å²) in [5.41, 5.74) is 4.93. The molecule has 8 heteroatoms. The molecule has 0 aliphatic carbocycles. The van der Waals surface area contributed by atoms with Crippen LogP contribution in [0.5, 0.6) is 5.75 Å². The fourth-order valence-electron chi connectivity index (χ4n) is 3.96. The third kappa shape index (κ3) is 3.73. The summed E-state index contributed by atoms with van der Waals surface area (Å²) in [6.45, 7) is 0. The molecule has 160 valence electrons. The second kappa shape index (κ2) is 8.84. The zero-order chi connectivity index (χ0) is 21.9. The molecule has 0 fully saturated rings. The van der Waals surface area contributed by atoms with Gasteiger partial charge in [-0.15, -0.1) is 5.10 Å². The summed E-state index contributed by atoms with van der Waals surface area (Å²) in [6, 6.07) is 23.7. The van der Waals surface area contributed by atoms with Gasteiger partial charge in [0.2, 0.25) is 11.1 Å². The van der Waals surface area contributed by atoms with Gasteiger partial charge >= 0.3 is 0 Å². The SMILES string of the molecule is COc1ccccc1-n1nnnc1SCC(=O)N1c2ccccc2CCc2ccccc21. The van der Waals surface area contributed by atoms with Crippen molar-refractivity contribution in [2.45, 2.75) is 18.0 Å². The summed E-state index contributed by atoms with van der Waals surface area (Å²) in [5, 5.41) is 12.6. The first-order chi connectivity index (χ1) is 15.8. The monoisotopic (exact) mass is 443 g/mol. The molecule has 0 radical (unpaired) electrons. The summed E-state index contributed by atoms with van der Waals surface area (Å²) in [6.07, 6.45) is 1.80. The zero-order valence-electron chi connectivity index (χ0n) is 17.5. The van der Waals surface area contributed by atoms with Crippen molar-refractivity contribution in [2.75, 3.05) is 17.8 Å². The van der Waals surface area contributed by atoms with E-state index in [0.29, 0.717) is 10.9 Å². The standard InChI is InChI=1S/C24H21N5O2S/c1-31-22-13-7-6-12-21(22)29-24(25-26-27-29)32-16-23(30)28-19-10-4-2-8-17(19)14-15-18-9-3-5-11-20(18)28/h2-13H,14-16H2,1H3. The van der Waals surface area contributed by atoms with E-state index in [-0.39, 0.29) is 11.7 Å². The van der Waals surface area contributed by atoms with Crippen LogP contribution in [-0.2, 0) is 17.6 Å². The molecule has 1 aliphatic rings. The van der Waals surface area contributed by atoms with E-state index in [1.165, 1.54) is 22.9 Å². The maximum absolute atomic E-state index is 13.5. The first kappa shape index (κ1) is 20.3. The van der Waals surface area contributed by atoms with Crippen LogP contribution in [0.1, 0.15) is 11.1 Å². The second-order valence-electron chi connectivity index (χ2n) is 7.32. The van der Waals surface area contributed by atoms with Gasteiger partial charge in [-0.3, -0.25) is 9.69 Å². The fourth-order valence-corrected chi connectivity index (χ4v) is 4.70. The molecule has 0 saturated carbocycles. The van der Waals surface area contributed by atoms with Gasteiger partial charge < -0.3 is 4.74 Å². The molecular formula is C24H21N5O2S. The number of aryl methyl sites for hydroxylation is 2. The number of anilines is 2. The number of ether oxygens (including phenoxy) is 1. The van der Waals surface area contributed by atoms with Crippen LogP contribution >= 0.6 is 11.8 Å². The van der Waals surface area contributed by atoms with Gasteiger partial charge in [-0.05, 0) is 58.7 Å². The molecule has 0 unspecified atom stereocenters. The Labute approximate surface area is 190 Å². The number of amides is 1. The number of para-hydroxylation sites is 4. The van der Waals surface area contributed by atoms with Crippen molar-refractivity contribution in [1.29, 1.82) is 0 Å². The van der Waals surface area contributed by atoms with Crippen molar-refractivity contribution < 1.29 is 9.53 Å². The molecule has 0 bridgehead atoms. The van der Waals surface area contributed by atoms with Crippen molar-refractivity contribution >= 4 is 29.0 Å². The van der Waals surface area contributed by atoms with Gasteiger partial charge in [-0.2, -0.15) is 4.68 Å². The topological polar surface area (TPSA) is 73.1 Å². The average molecular weight is 444 g/mol. The summed E-state index contributed by atoms with van der Waals surface area (Å²) < 4.78 is 7.03. The number of thioether (sulfide) groups is 1. The van der Waals surface area contributed by atoms with Crippen molar-refractivity contribution in [3.63, 3.8) is 0 Å². The predicted molar refractivity (Wildman–Crippen MR) is 124 cm³/mol. The van der Waals surface area contributed by atoms with Crippen LogP contribution < -0.4 is 9.64 Å². The molecule has 3 aromatic carbocycles. The van der Waals surface area contributed by atoms with Gasteiger partial charge in [0, 0.05) is 0 Å². The summed E-state index contributed by atoms with van der Waals surface area (Å²) in [5.74, 6) is 0.827. The van der Waals surface area contributed by atoms with E-state index in [4.69, 9.17) is 4.74 Å². The molecular weight excluding hydrogens is 422 g/mol. The van der Waals surface area contributed by atoms with E-state index in [0.717, 1.165) is 29.9 Å².